The summed E-state index contributed by atoms with van der Waals surface area (Å²) in [5.74, 6) is -57.0. The predicted molar refractivity (Wildman–Crippen MR) is 80.0 cm³/mol. The van der Waals surface area contributed by atoms with Crippen LogP contribution in [0.3, 0.4) is 0 Å². The second-order valence-electron chi connectivity index (χ2n) is 6.53. The maximum absolute atomic E-state index is 13.7. The maximum Gasteiger partial charge on any atom is 1.00 e. The Morgan fingerprint density at radius 1 is 0.658 bits per heavy atom. The van der Waals surface area contributed by atoms with Crippen LogP contribution in [-0.4, -0.2) is 54.7 Å². The SMILES string of the molecule is O=S(=O)([O-])c1ccccc1OC(F)=C(F)C(F)(F)C(F)(F)C(F)(F)C(F)(F)C(F)(F)C(F)(F)C(F)(F)F.[Na+]. The number of hydrogen-bond donors (Lipinski definition) is 0. The largest absolute Gasteiger partial charge is 1.00 e. The number of hydrogen-bond acceptors (Lipinski definition) is 4. The van der Waals surface area contributed by atoms with Gasteiger partial charge in [-0.15, -0.1) is 0 Å². The van der Waals surface area contributed by atoms with Gasteiger partial charge in [0.15, 0.2) is 0 Å². The molecule has 1 rings (SSSR count). The molecule has 0 spiro atoms. The number of rotatable bonds is 9. The first-order valence-corrected chi connectivity index (χ1v) is 9.56. The van der Waals surface area contributed by atoms with E-state index in [0.717, 1.165) is 0 Å². The van der Waals surface area contributed by atoms with Crippen LogP contribution in [0.25, 0.3) is 0 Å². The third-order valence-corrected chi connectivity index (χ3v) is 4.97. The second-order valence-corrected chi connectivity index (χ2v) is 7.88. The van der Waals surface area contributed by atoms with Crippen molar-refractivity contribution in [3.8, 4) is 5.75 Å². The summed E-state index contributed by atoms with van der Waals surface area (Å²) in [5, 5.41) is 0. The van der Waals surface area contributed by atoms with E-state index in [9.17, 15) is 87.6 Å². The minimum atomic E-state index is -8.74. The molecule has 214 valence electrons. The summed E-state index contributed by atoms with van der Waals surface area (Å²) >= 11 is 0. The van der Waals surface area contributed by atoms with Crippen LogP contribution in [0, 0.1) is 0 Å². The summed E-state index contributed by atoms with van der Waals surface area (Å²) < 4.78 is 260. The van der Waals surface area contributed by atoms with Gasteiger partial charge in [-0.3, -0.25) is 0 Å². The minimum Gasteiger partial charge on any atom is -0.744 e. The molecule has 0 aliphatic carbocycles. The third kappa shape index (κ3) is 5.55. The van der Waals surface area contributed by atoms with Gasteiger partial charge in [-0.05, 0) is 12.1 Å². The van der Waals surface area contributed by atoms with E-state index < -0.39 is 74.3 Å². The molecule has 0 aliphatic heterocycles. The molecule has 1 aromatic rings. The summed E-state index contributed by atoms with van der Waals surface area (Å²) in [6.07, 6.45) is -7.85. The maximum atomic E-state index is 13.7. The molecule has 4 nitrogen and oxygen atoms in total. The molecule has 38 heavy (non-hydrogen) atoms. The number of para-hydroxylation sites is 1. The zero-order valence-electron chi connectivity index (χ0n) is 17.3. The first-order valence-electron chi connectivity index (χ1n) is 8.15. The average Bonchev–Trinajstić information content (AvgIpc) is 2.71. The zero-order chi connectivity index (χ0) is 29.8. The minimum absolute atomic E-state index is 0. The Bertz CT molecular complexity index is 1160. The van der Waals surface area contributed by atoms with E-state index >= 15 is 0 Å². The van der Waals surface area contributed by atoms with Crippen LogP contribution in [0.4, 0.5) is 74.6 Å². The molecule has 0 saturated carbocycles. The van der Waals surface area contributed by atoms with Gasteiger partial charge >= 0.3 is 77.3 Å². The van der Waals surface area contributed by atoms with Gasteiger partial charge in [-0.25, -0.2) is 8.42 Å². The summed E-state index contributed by atoms with van der Waals surface area (Å²) in [6, 6.07) is -2.31. The monoisotopic (exact) mass is 626 g/mol. The van der Waals surface area contributed by atoms with E-state index in [4.69, 9.17) is 0 Å². The van der Waals surface area contributed by atoms with E-state index in [-0.39, 0.29) is 41.7 Å². The van der Waals surface area contributed by atoms with Crippen LogP contribution in [0.5, 0.6) is 5.75 Å². The van der Waals surface area contributed by atoms with Crippen molar-refractivity contribution in [3.05, 3.63) is 36.1 Å². The fourth-order valence-corrected chi connectivity index (χ4v) is 2.71. The van der Waals surface area contributed by atoms with Gasteiger partial charge in [0.1, 0.15) is 15.9 Å². The van der Waals surface area contributed by atoms with Crippen molar-refractivity contribution in [3.63, 3.8) is 0 Å². The van der Waals surface area contributed by atoms with E-state index in [1.54, 1.807) is 0 Å². The van der Waals surface area contributed by atoms with Gasteiger partial charge in [0.2, 0.25) is 5.83 Å². The molecule has 1 aromatic carbocycles. The van der Waals surface area contributed by atoms with Crippen LogP contribution < -0.4 is 34.3 Å². The second kappa shape index (κ2) is 10.5. The normalized spacial score (nSPS) is 15.5. The molecule has 0 saturated heterocycles. The van der Waals surface area contributed by atoms with Gasteiger partial charge < -0.3 is 9.29 Å². The molecule has 0 radical (unpaired) electrons. The van der Waals surface area contributed by atoms with E-state index in [0.29, 0.717) is 12.1 Å². The Labute approximate surface area is 220 Å². The molecule has 0 unspecified atom stereocenters. The quantitative estimate of drug-likeness (QED) is 0.183. The summed E-state index contributed by atoms with van der Waals surface area (Å²) in [4.78, 5) is -1.74. The van der Waals surface area contributed by atoms with Crippen LogP contribution in [0.15, 0.2) is 41.0 Å². The number of benzene rings is 1. The van der Waals surface area contributed by atoms with Crippen molar-refractivity contribution in [1.82, 2.24) is 0 Å². The number of allylic oxidation sites excluding steroid dienone is 1. The van der Waals surface area contributed by atoms with Crippen molar-refractivity contribution in [1.29, 1.82) is 0 Å². The molecule has 0 bridgehead atoms. The molecule has 0 N–H and O–H groups in total. The Kier molecular flexibility index (Phi) is 10.0. The third-order valence-electron chi connectivity index (χ3n) is 4.09. The van der Waals surface area contributed by atoms with Crippen molar-refractivity contribution < 1.29 is 122 Å². The molecular formula is C15H4F17NaO4S. The number of ether oxygens (including phenoxy) is 1. The van der Waals surface area contributed by atoms with Gasteiger partial charge in [-0.1, -0.05) is 12.1 Å². The van der Waals surface area contributed by atoms with Crippen LogP contribution >= 0.6 is 0 Å². The fourth-order valence-electron chi connectivity index (χ4n) is 2.11. The van der Waals surface area contributed by atoms with E-state index in [2.05, 4.69) is 4.74 Å². The van der Waals surface area contributed by atoms with Gasteiger partial charge in [0.05, 0.1) is 4.90 Å². The van der Waals surface area contributed by atoms with Crippen molar-refractivity contribution in [2.45, 2.75) is 46.6 Å². The van der Waals surface area contributed by atoms with Gasteiger partial charge in [0, 0.05) is 0 Å². The number of halogens is 17. The Balaban J connectivity index is 0.0000137. The van der Waals surface area contributed by atoms with Gasteiger partial charge in [-0.2, -0.15) is 74.6 Å². The van der Waals surface area contributed by atoms with Crippen molar-refractivity contribution in [2.24, 2.45) is 0 Å². The van der Waals surface area contributed by atoms with E-state index in [1.807, 2.05) is 0 Å². The first kappa shape index (κ1) is 36.5. The molecule has 23 heteroatoms. The molecule has 0 heterocycles. The summed E-state index contributed by atoms with van der Waals surface area (Å²) in [5.41, 5.74) is 0. The smallest absolute Gasteiger partial charge is 0.744 e. The zero-order valence-corrected chi connectivity index (χ0v) is 20.1. The van der Waals surface area contributed by atoms with Gasteiger partial charge in [0.25, 0.3) is 0 Å². The summed E-state index contributed by atoms with van der Waals surface area (Å²) in [7, 11) is -5.74. The predicted octanol–water partition coefficient (Wildman–Crippen LogP) is 3.46. The summed E-state index contributed by atoms with van der Waals surface area (Å²) in [6.45, 7) is 0. The van der Waals surface area contributed by atoms with Crippen LogP contribution in [0.1, 0.15) is 0 Å². The van der Waals surface area contributed by atoms with Crippen molar-refractivity contribution >= 4 is 10.1 Å². The molecular weight excluding hydrogens is 622 g/mol. The Morgan fingerprint density at radius 2 is 1.03 bits per heavy atom. The Hall–Kier alpha value is -1.52. The molecule has 0 fully saturated rings. The van der Waals surface area contributed by atoms with Crippen molar-refractivity contribution in [2.75, 3.05) is 0 Å². The molecule has 0 aliphatic rings. The van der Waals surface area contributed by atoms with E-state index in [1.165, 1.54) is 0 Å². The first-order chi connectivity index (χ1) is 16.0. The molecule has 0 amide bonds. The van der Waals surface area contributed by atoms with Crippen LogP contribution in [-0.2, 0) is 10.1 Å². The molecule has 0 aromatic heterocycles. The average molecular weight is 626 g/mol. The standard InChI is InChI=1S/C15H5F17O4S.Na/c16-7(8(17)36-5-3-1-2-4-6(5)37(33,34)35)9(18,19)10(20,21)11(22,23)12(24,25)13(26,27)14(28,29)15(30,31)32;/h1-4H,(H,33,34,35);/q;+1/p-1. The Morgan fingerprint density at radius 3 is 1.42 bits per heavy atom. The topological polar surface area (TPSA) is 66.4 Å². The fraction of sp³-hybridized carbons (Fsp3) is 0.467. The van der Waals surface area contributed by atoms with Crippen LogP contribution in [0.2, 0.25) is 0 Å². The number of alkyl halides is 15. The molecule has 0 atom stereocenters.